The Morgan fingerprint density at radius 1 is 1.46 bits per heavy atom. The molecular formula is C17H24N4O3. The van der Waals surface area contributed by atoms with Crippen molar-refractivity contribution in [2.75, 3.05) is 24.3 Å². The summed E-state index contributed by atoms with van der Waals surface area (Å²) in [5.74, 6) is -0.464. The third kappa shape index (κ3) is 3.91. The average molecular weight is 332 g/mol. The Morgan fingerprint density at radius 2 is 2.25 bits per heavy atom. The number of fused-ring (bicyclic) bond motifs is 1. The minimum absolute atomic E-state index is 0.0567. The van der Waals surface area contributed by atoms with Crippen LogP contribution in [-0.4, -0.2) is 40.3 Å². The number of anilines is 2. The monoisotopic (exact) mass is 332 g/mol. The first kappa shape index (κ1) is 17.9. The second-order valence-electron chi connectivity index (χ2n) is 5.50. The zero-order chi connectivity index (χ0) is 17.5. The number of carbonyl (C=O) groups excluding carboxylic acids is 1. The SMILES string of the molecule is CCCC[C@H](CO)Nc1c(C(=O)OCC)c(N)nc2cccnc12. The molecule has 0 bridgehead atoms. The molecule has 0 saturated heterocycles. The summed E-state index contributed by atoms with van der Waals surface area (Å²) in [6, 6.07) is 3.33. The van der Waals surface area contributed by atoms with E-state index in [4.69, 9.17) is 10.5 Å². The minimum atomic E-state index is -0.551. The molecule has 0 aliphatic rings. The van der Waals surface area contributed by atoms with Gasteiger partial charge in [0.2, 0.25) is 0 Å². The van der Waals surface area contributed by atoms with Crippen molar-refractivity contribution in [2.45, 2.75) is 39.2 Å². The second kappa shape index (κ2) is 8.44. The fourth-order valence-electron chi connectivity index (χ4n) is 2.53. The van der Waals surface area contributed by atoms with Gasteiger partial charge in [-0.05, 0) is 25.5 Å². The smallest absolute Gasteiger partial charge is 0.344 e. The number of esters is 1. The lowest BCUT2D eigenvalue weighted by atomic mass is 10.1. The van der Waals surface area contributed by atoms with Gasteiger partial charge in [0.15, 0.2) is 0 Å². The van der Waals surface area contributed by atoms with E-state index in [1.807, 2.05) is 0 Å². The van der Waals surface area contributed by atoms with Gasteiger partial charge in [0, 0.05) is 12.2 Å². The van der Waals surface area contributed by atoms with Crippen molar-refractivity contribution in [3.05, 3.63) is 23.9 Å². The molecule has 1 atom stereocenters. The molecule has 2 heterocycles. The van der Waals surface area contributed by atoms with Crippen molar-refractivity contribution in [2.24, 2.45) is 0 Å². The third-order valence-corrected chi connectivity index (χ3v) is 3.72. The van der Waals surface area contributed by atoms with Crippen LogP contribution in [0.15, 0.2) is 18.3 Å². The van der Waals surface area contributed by atoms with Gasteiger partial charge >= 0.3 is 5.97 Å². The molecule has 2 rings (SSSR count). The highest BCUT2D eigenvalue weighted by atomic mass is 16.5. The molecule has 4 N–H and O–H groups in total. The molecule has 2 aromatic rings. The van der Waals surface area contributed by atoms with Gasteiger partial charge < -0.3 is 20.9 Å². The molecule has 0 aromatic carbocycles. The average Bonchev–Trinajstić information content (AvgIpc) is 2.58. The Balaban J connectivity index is 2.53. The van der Waals surface area contributed by atoms with Crippen LogP contribution < -0.4 is 11.1 Å². The summed E-state index contributed by atoms with van der Waals surface area (Å²) in [4.78, 5) is 20.9. The summed E-state index contributed by atoms with van der Waals surface area (Å²) < 4.78 is 5.11. The first-order valence-electron chi connectivity index (χ1n) is 8.21. The van der Waals surface area contributed by atoms with Gasteiger partial charge in [-0.3, -0.25) is 4.98 Å². The fourth-order valence-corrected chi connectivity index (χ4v) is 2.53. The van der Waals surface area contributed by atoms with Crippen LogP contribution in [0.5, 0.6) is 0 Å². The van der Waals surface area contributed by atoms with E-state index in [-0.39, 0.29) is 30.6 Å². The van der Waals surface area contributed by atoms with E-state index < -0.39 is 5.97 Å². The molecule has 2 aromatic heterocycles. The summed E-state index contributed by atoms with van der Waals surface area (Å²) >= 11 is 0. The van der Waals surface area contributed by atoms with Gasteiger partial charge in [-0.15, -0.1) is 0 Å². The lowest BCUT2D eigenvalue weighted by molar-refractivity contribution is 0.0528. The number of aromatic nitrogens is 2. The molecule has 0 amide bonds. The van der Waals surface area contributed by atoms with Crippen molar-refractivity contribution in [1.82, 2.24) is 9.97 Å². The van der Waals surface area contributed by atoms with Crippen molar-refractivity contribution >= 4 is 28.5 Å². The van der Waals surface area contributed by atoms with Gasteiger partial charge in [-0.25, -0.2) is 9.78 Å². The Morgan fingerprint density at radius 3 is 2.92 bits per heavy atom. The number of unbranched alkanes of at least 4 members (excludes halogenated alkanes) is 1. The summed E-state index contributed by atoms with van der Waals surface area (Å²) in [6.07, 6.45) is 4.37. The molecule has 7 heteroatoms. The third-order valence-electron chi connectivity index (χ3n) is 3.72. The van der Waals surface area contributed by atoms with Crippen molar-refractivity contribution < 1.29 is 14.6 Å². The summed E-state index contributed by atoms with van der Waals surface area (Å²) in [6.45, 7) is 3.99. The molecule has 0 aliphatic carbocycles. The van der Waals surface area contributed by atoms with Crippen LogP contribution in [0.25, 0.3) is 11.0 Å². The molecule has 0 saturated carbocycles. The van der Waals surface area contributed by atoms with Crippen molar-refractivity contribution in [1.29, 1.82) is 0 Å². The number of carbonyl (C=O) groups is 1. The number of nitrogen functional groups attached to an aromatic ring is 1. The maximum atomic E-state index is 12.3. The van der Waals surface area contributed by atoms with Crippen LogP contribution in [0.3, 0.4) is 0 Å². The van der Waals surface area contributed by atoms with E-state index >= 15 is 0 Å². The van der Waals surface area contributed by atoms with E-state index in [0.717, 1.165) is 19.3 Å². The van der Waals surface area contributed by atoms with E-state index in [9.17, 15) is 9.90 Å². The molecule has 0 fully saturated rings. The summed E-state index contributed by atoms with van der Waals surface area (Å²) in [5.41, 5.74) is 7.74. The molecule has 0 spiro atoms. The Hall–Kier alpha value is -2.41. The lowest BCUT2D eigenvalue weighted by Gasteiger charge is -2.21. The van der Waals surface area contributed by atoms with Gasteiger partial charge in [-0.2, -0.15) is 0 Å². The topological polar surface area (TPSA) is 110 Å². The number of nitrogens with two attached hydrogens (primary N) is 1. The van der Waals surface area contributed by atoms with E-state index in [1.54, 1.807) is 25.3 Å². The number of hydrogen-bond donors (Lipinski definition) is 3. The van der Waals surface area contributed by atoms with Gasteiger partial charge in [0.25, 0.3) is 0 Å². The number of aliphatic hydroxyl groups excluding tert-OH is 1. The van der Waals surface area contributed by atoms with Crippen LogP contribution in [-0.2, 0) is 4.74 Å². The number of hydrogen-bond acceptors (Lipinski definition) is 7. The molecular weight excluding hydrogens is 308 g/mol. The quantitative estimate of drug-likeness (QED) is 0.636. The fraction of sp³-hybridized carbons (Fsp3) is 0.471. The van der Waals surface area contributed by atoms with Gasteiger partial charge in [0.05, 0.1) is 24.4 Å². The van der Waals surface area contributed by atoms with Gasteiger partial charge in [-0.1, -0.05) is 19.8 Å². The molecule has 24 heavy (non-hydrogen) atoms. The highest BCUT2D eigenvalue weighted by Gasteiger charge is 2.23. The normalized spacial score (nSPS) is 12.1. The van der Waals surface area contributed by atoms with E-state index in [0.29, 0.717) is 16.7 Å². The standard InChI is InChI=1S/C17H24N4O3/c1-3-5-7-11(10-22)20-15-13(17(23)24-4-2)16(18)21-12-8-6-9-19-14(12)15/h6,8-9,11,22H,3-5,7,10H2,1-2H3,(H3,18,20,21)/t11-/m1/s1. The van der Waals surface area contributed by atoms with Crippen LogP contribution in [0.2, 0.25) is 0 Å². The van der Waals surface area contributed by atoms with E-state index in [2.05, 4.69) is 22.2 Å². The number of nitrogens with zero attached hydrogens (tertiary/aromatic N) is 2. The summed E-state index contributed by atoms with van der Waals surface area (Å²) in [5, 5.41) is 12.9. The number of nitrogens with one attached hydrogen (secondary N) is 1. The van der Waals surface area contributed by atoms with Gasteiger partial charge in [0.1, 0.15) is 16.9 Å². The zero-order valence-electron chi connectivity index (χ0n) is 14.1. The van der Waals surface area contributed by atoms with Crippen LogP contribution in [0.4, 0.5) is 11.5 Å². The Labute approximate surface area is 141 Å². The number of ether oxygens (including phenoxy) is 1. The Kier molecular flexibility index (Phi) is 6.31. The molecule has 130 valence electrons. The van der Waals surface area contributed by atoms with Crippen LogP contribution >= 0.6 is 0 Å². The highest BCUT2D eigenvalue weighted by molar-refractivity contribution is 6.07. The molecule has 0 aliphatic heterocycles. The minimum Gasteiger partial charge on any atom is -0.462 e. The largest absolute Gasteiger partial charge is 0.462 e. The van der Waals surface area contributed by atoms with Crippen molar-refractivity contribution in [3.63, 3.8) is 0 Å². The lowest BCUT2D eigenvalue weighted by Crippen LogP contribution is -2.26. The Bertz CT molecular complexity index is 706. The second-order valence-corrected chi connectivity index (χ2v) is 5.50. The molecule has 0 unspecified atom stereocenters. The molecule has 0 radical (unpaired) electrons. The number of rotatable bonds is 8. The molecule has 7 nitrogen and oxygen atoms in total. The number of aliphatic hydroxyl groups is 1. The first-order valence-corrected chi connectivity index (χ1v) is 8.21. The highest BCUT2D eigenvalue weighted by Crippen LogP contribution is 2.30. The number of pyridine rings is 2. The van der Waals surface area contributed by atoms with Crippen LogP contribution in [0, 0.1) is 0 Å². The van der Waals surface area contributed by atoms with E-state index in [1.165, 1.54) is 0 Å². The maximum absolute atomic E-state index is 12.3. The summed E-state index contributed by atoms with van der Waals surface area (Å²) in [7, 11) is 0. The van der Waals surface area contributed by atoms with Crippen LogP contribution in [0.1, 0.15) is 43.5 Å². The first-order chi connectivity index (χ1) is 11.6. The predicted molar refractivity (Wildman–Crippen MR) is 93.9 cm³/mol. The van der Waals surface area contributed by atoms with Crippen molar-refractivity contribution in [3.8, 4) is 0 Å². The predicted octanol–water partition coefficient (Wildman–Crippen LogP) is 2.35. The zero-order valence-corrected chi connectivity index (χ0v) is 14.1. The maximum Gasteiger partial charge on any atom is 0.344 e.